The standard InChI is InChI=1S/C27H44O/c1-17(2)7-6-8-18(3)22-11-12-24-23-10-9-20-16-21(28)13-14-27(20,5)25(23)15-19(4)26(22)24/h15,17-18,20-23,25,28H,6-14,16H2,1-5H3/t18-,20+,21+,22-,23+,25?,27?/m1/s1. The molecule has 158 valence electrons. The highest BCUT2D eigenvalue weighted by Crippen LogP contribution is 2.61. The fraction of sp³-hybridized carbons (Fsp3) is 0.852. The van der Waals surface area contributed by atoms with Crippen LogP contribution in [0.5, 0.6) is 0 Å². The molecule has 4 aliphatic carbocycles. The number of hydrogen-bond donors (Lipinski definition) is 1. The Hall–Kier alpha value is -0.560. The number of rotatable bonds is 5. The van der Waals surface area contributed by atoms with Gasteiger partial charge in [0.25, 0.3) is 0 Å². The first-order valence-corrected chi connectivity index (χ1v) is 12.4. The van der Waals surface area contributed by atoms with Crippen molar-refractivity contribution in [3.8, 4) is 0 Å². The summed E-state index contributed by atoms with van der Waals surface area (Å²) in [4.78, 5) is 0. The molecule has 0 aromatic rings. The van der Waals surface area contributed by atoms with Gasteiger partial charge < -0.3 is 5.11 Å². The predicted molar refractivity (Wildman–Crippen MR) is 119 cm³/mol. The van der Waals surface area contributed by atoms with Crippen LogP contribution in [0, 0.1) is 40.9 Å². The lowest BCUT2D eigenvalue weighted by atomic mass is 9.50. The lowest BCUT2D eigenvalue weighted by Gasteiger charge is -2.55. The highest BCUT2D eigenvalue weighted by atomic mass is 16.3. The van der Waals surface area contributed by atoms with Crippen molar-refractivity contribution in [2.45, 2.75) is 105 Å². The number of aliphatic hydroxyl groups excluding tert-OH is 1. The van der Waals surface area contributed by atoms with E-state index in [0.29, 0.717) is 5.41 Å². The zero-order valence-corrected chi connectivity index (χ0v) is 19.1. The average Bonchev–Trinajstić information content (AvgIpc) is 3.09. The van der Waals surface area contributed by atoms with Gasteiger partial charge in [-0.3, -0.25) is 0 Å². The minimum atomic E-state index is -0.0411. The monoisotopic (exact) mass is 384 g/mol. The summed E-state index contributed by atoms with van der Waals surface area (Å²) in [5, 5.41) is 10.2. The van der Waals surface area contributed by atoms with Crippen molar-refractivity contribution in [2.75, 3.05) is 0 Å². The lowest BCUT2D eigenvalue weighted by molar-refractivity contribution is -0.0485. The summed E-state index contributed by atoms with van der Waals surface area (Å²) in [6.45, 7) is 12.2. The molecule has 0 radical (unpaired) electrons. The van der Waals surface area contributed by atoms with Crippen LogP contribution in [0.1, 0.15) is 98.8 Å². The van der Waals surface area contributed by atoms with Crippen LogP contribution in [-0.4, -0.2) is 11.2 Å². The highest BCUT2D eigenvalue weighted by Gasteiger charge is 2.52. The normalized spacial score (nSPS) is 41.4. The molecule has 0 aliphatic heterocycles. The van der Waals surface area contributed by atoms with E-state index in [1.165, 1.54) is 51.4 Å². The van der Waals surface area contributed by atoms with Gasteiger partial charge in [-0.05, 0) is 98.4 Å². The molecule has 0 saturated heterocycles. The first-order valence-electron chi connectivity index (χ1n) is 12.4. The van der Waals surface area contributed by atoms with Crippen molar-refractivity contribution < 1.29 is 5.11 Å². The third-order valence-corrected chi connectivity index (χ3v) is 9.40. The topological polar surface area (TPSA) is 20.2 Å². The number of fused-ring (bicyclic) bond motifs is 4. The summed E-state index contributed by atoms with van der Waals surface area (Å²) in [5.41, 5.74) is 5.72. The van der Waals surface area contributed by atoms with Crippen LogP contribution in [0.4, 0.5) is 0 Å². The molecule has 2 saturated carbocycles. The molecule has 28 heavy (non-hydrogen) atoms. The van der Waals surface area contributed by atoms with Crippen LogP contribution >= 0.6 is 0 Å². The quantitative estimate of drug-likeness (QED) is 0.527. The maximum Gasteiger partial charge on any atom is 0.0543 e. The third kappa shape index (κ3) is 3.55. The summed E-state index contributed by atoms with van der Waals surface area (Å²) in [6, 6.07) is 0. The molecule has 1 N–H and O–H groups in total. The molecule has 7 atom stereocenters. The minimum absolute atomic E-state index is 0.0411. The van der Waals surface area contributed by atoms with Gasteiger partial charge in [-0.2, -0.15) is 0 Å². The third-order valence-electron chi connectivity index (χ3n) is 9.40. The van der Waals surface area contributed by atoms with Crippen LogP contribution < -0.4 is 0 Å². The fourth-order valence-corrected chi connectivity index (χ4v) is 7.74. The first-order chi connectivity index (χ1) is 13.3. The van der Waals surface area contributed by atoms with Crippen LogP contribution in [-0.2, 0) is 0 Å². The summed E-state index contributed by atoms with van der Waals surface area (Å²) < 4.78 is 0. The molecule has 2 fully saturated rings. The molecule has 0 aromatic heterocycles. The van der Waals surface area contributed by atoms with E-state index in [9.17, 15) is 5.11 Å². The van der Waals surface area contributed by atoms with Gasteiger partial charge in [-0.1, -0.05) is 64.2 Å². The van der Waals surface area contributed by atoms with Crippen LogP contribution in [0.25, 0.3) is 0 Å². The van der Waals surface area contributed by atoms with Gasteiger partial charge in [0.05, 0.1) is 6.10 Å². The molecule has 4 aliphatic rings. The maximum absolute atomic E-state index is 10.2. The van der Waals surface area contributed by atoms with Crippen LogP contribution in [0.15, 0.2) is 22.8 Å². The van der Waals surface area contributed by atoms with Crippen molar-refractivity contribution in [3.63, 3.8) is 0 Å². The van der Waals surface area contributed by atoms with E-state index >= 15 is 0 Å². The SMILES string of the molecule is CC1=CC2[C@@H](CC[C@H]3C[C@@H](O)CCC23C)C2=C1[C@@H]([C@H](C)CCCC(C)C)CC2. The Morgan fingerprint density at radius 1 is 1.11 bits per heavy atom. The summed E-state index contributed by atoms with van der Waals surface area (Å²) in [5.74, 6) is 4.76. The molecule has 0 amide bonds. The fourth-order valence-electron chi connectivity index (χ4n) is 7.74. The van der Waals surface area contributed by atoms with Crippen LogP contribution in [0.2, 0.25) is 0 Å². The summed E-state index contributed by atoms with van der Waals surface area (Å²) in [7, 11) is 0. The van der Waals surface area contributed by atoms with Crippen molar-refractivity contribution in [3.05, 3.63) is 22.8 Å². The average molecular weight is 385 g/mol. The second kappa shape index (κ2) is 7.93. The number of aliphatic hydroxyl groups is 1. The highest BCUT2D eigenvalue weighted by molar-refractivity contribution is 5.46. The molecular formula is C27H44O. The second-order valence-corrected chi connectivity index (χ2v) is 11.6. The van der Waals surface area contributed by atoms with E-state index in [4.69, 9.17) is 0 Å². The van der Waals surface area contributed by atoms with Gasteiger partial charge in [-0.25, -0.2) is 0 Å². The van der Waals surface area contributed by atoms with E-state index in [-0.39, 0.29) is 6.10 Å². The Morgan fingerprint density at radius 3 is 2.64 bits per heavy atom. The van der Waals surface area contributed by atoms with Gasteiger partial charge >= 0.3 is 0 Å². The molecule has 0 heterocycles. The Labute approximate surface area is 174 Å². The Balaban J connectivity index is 1.53. The largest absolute Gasteiger partial charge is 0.393 e. The minimum Gasteiger partial charge on any atom is -0.393 e. The van der Waals surface area contributed by atoms with E-state index in [0.717, 1.165) is 48.3 Å². The number of hydrogen-bond acceptors (Lipinski definition) is 1. The van der Waals surface area contributed by atoms with E-state index in [1.807, 2.05) is 5.57 Å². The first kappa shape index (κ1) is 20.7. The lowest BCUT2D eigenvalue weighted by Crippen LogP contribution is -2.48. The molecule has 1 nitrogen and oxygen atoms in total. The Bertz CT molecular complexity index is 641. The van der Waals surface area contributed by atoms with E-state index in [1.54, 1.807) is 11.1 Å². The van der Waals surface area contributed by atoms with Crippen LogP contribution in [0.3, 0.4) is 0 Å². The predicted octanol–water partition coefficient (Wildman–Crippen LogP) is 7.31. The zero-order valence-electron chi connectivity index (χ0n) is 19.1. The molecule has 0 spiro atoms. The number of allylic oxidation sites excluding steroid dienone is 4. The molecule has 4 rings (SSSR count). The van der Waals surface area contributed by atoms with Gasteiger partial charge in [0.1, 0.15) is 0 Å². The van der Waals surface area contributed by atoms with Crippen molar-refractivity contribution in [1.82, 2.24) is 0 Å². The van der Waals surface area contributed by atoms with Crippen molar-refractivity contribution >= 4 is 0 Å². The summed E-state index contributed by atoms with van der Waals surface area (Å²) in [6.07, 6.45) is 15.6. The van der Waals surface area contributed by atoms with Gasteiger partial charge in [-0.15, -0.1) is 0 Å². The zero-order chi connectivity index (χ0) is 20.1. The van der Waals surface area contributed by atoms with Crippen molar-refractivity contribution in [1.29, 1.82) is 0 Å². The summed E-state index contributed by atoms with van der Waals surface area (Å²) >= 11 is 0. The van der Waals surface area contributed by atoms with Gasteiger partial charge in [0.2, 0.25) is 0 Å². The van der Waals surface area contributed by atoms with E-state index in [2.05, 4.69) is 40.7 Å². The van der Waals surface area contributed by atoms with Crippen molar-refractivity contribution in [2.24, 2.45) is 40.9 Å². The molecular weight excluding hydrogens is 340 g/mol. The Kier molecular flexibility index (Phi) is 5.87. The Morgan fingerprint density at radius 2 is 1.89 bits per heavy atom. The maximum atomic E-state index is 10.2. The van der Waals surface area contributed by atoms with Gasteiger partial charge in [0.15, 0.2) is 0 Å². The molecule has 0 aromatic carbocycles. The molecule has 1 heteroatoms. The molecule has 0 bridgehead atoms. The second-order valence-electron chi connectivity index (χ2n) is 11.6. The smallest absolute Gasteiger partial charge is 0.0543 e. The van der Waals surface area contributed by atoms with E-state index < -0.39 is 0 Å². The van der Waals surface area contributed by atoms with Gasteiger partial charge in [0, 0.05) is 0 Å². The molecule has 2 unspecified atom stereocenters.